The van der Waals surface area contributed by atoms with Gasteiger partial charge >= 0.3 is 0 Å². The second-order valence-electron chi connectivity index (χ2n) is 5.46. The lowest BCUT2D eigenvalue weighted by Gasteiger charge is -2.19. The van der Waals surface area contributed by atoms with Crippen LogP contribution in [0.25, 0.3) is 10.9 Å². The van der Waals surface area contributed by atoms with Crippen LogP contribution in [0.1, 0.15) is 34.3 Å². The summed E-state index contributed by atoms with van der Waals surface area (Å²) >= 11 is 5.75. The Morgan fingerprint density at radius 3 is 2.45 bits per heavy atom. The highest BCUT2D eigenvalue weighted by atomic mass is 35.5. The Morgan fingerprint density at radius 2 is 1.80 bits per heavy atom. The zero-order valence-corrected chi connectivity index (χ0v) is 12.5. The van der Waals surface area contributed by atoms with E-state index in [1.165, 1.54) is 11.1 Å². The Morgan fingerprint density at radius 1 is 1.15 bits per heavy atom. The van der Waals surface area contributed by atoms with Gasteiger partial charge in [0.15, 0.2) is 0 Å². The van der Waals surface area contributed by atoms with Crippen molar-refractivity contribution in [3.8, 4) is 0 Å². The minimum absolute atomic E-state index is 0.431. The molecule has 0 saturated carbocycles. The second-order valence-corrected chi connectivity index (χ2v) is 5.80. The topological polar surface area (TPSA) is 33.2 Å². The first-order chi connectivity index (χ1) is 9.56. The van der Waals surface area contributed by atoms with Gasteiger partial charge in [0.25, 0.3) is 5.24 Å². The standard InChI is InChI=1S/C16H17ClN2O/c1-10-7-12-9-13(15(17)20)16(19-5-3-4-6-19)18-14(12)8-11(10)2/h7-9H,3-6H2,1-2H3. The minimum Gasteiger partial charge on any atom is -0.356 e. The van der Waals surface area contributed by atoms with Crippen LogP contribution in [0.5, 0.6) is 0 Å². The van der Waals surface area contributed by atoms with Gasteiger partial charge in [0.05, 0.1) is 11.1 Å². The summed E-state index contributed by atoms with van der Waals surface area (Å²) in [5.74, 6) is 0.734. The number of benzene rings is 1. The molecule has 0 amide bonds. The Hall–Kier alpha value is -1.61. The predicted octanol–water partition coefficient (Wildman–Crippen LogP) is 3.83. The van der Waals surface area contributed by atoms with Crippen molar-refractivity contribution in [2.75, 3.05) is 18.0 Å². The summed E-state index contributed by atoms with van der Waals surface area (Å²) in [5, 5.41) is 0.541. The summed E-state index contributed by atoms with van der Waals surface area (Å²) in [4.78, 5) is 18.6. The maximum Gasteiger partial charge on any atom is 0.256 e. The number of fused-ring (bicyclic) bond motifs is 1. The van der Waals surface area contributed by atoms with Crippen LogP contribution in [-0.4, -0.2) is 23.3 Å². The van der Waals surface area contributed by atoms with Crippen LogP contribution in [0, 0.1) is 13.8 Å². The van der Waals surface area contributed by atoms with E-state index < -0.39 is 5.24 Å². The predicted molar refractivity (Wildman–Crippen MR) is 82.8 cm³/mol. The van der Waals surface area contributed by atoms with Crippen molar-refractivity contribution < 1.29 is 4.79 Å². The number of aryl methyl sites for hydroxylation is 2. The summed E-state index contributed by atoms with van der Waals surface area (Å²) in [6.07, 6.45) is 2.28. The van der Waals surface area contributed by atoms with E-state index in [2.05, 4.69) is 30.9 Å². The second kappa shape index (κ2) is 5.06. The molecule has 2 aromatic rings. The maximum atomic E-state index is 11.7. The zero-order valence-electron chi connectivity index (χ0n) is 11.7. The van der Waals surface area contributed by atoms with Crippen molar-refractivity contribution in [1.82, 2.24) is 4.98 Å². The largest absolute Gasteiger partial charge is 0.356 e. The van der Waals surface area contributed by atoms with Crippen LogP contribution >= 0.6 is 11.6 Å². The van der Waals surface area contributed by atoms with E-state index in [0.29, 0.717) is 5.56 Å². The van der Waals surface area contributed by atoms with Gasteiger partial charge in [-0.05, 0) is 67.6 Å². The first-order valence-electron chi connectivity index (χ1n) is 6.93. The van der Waals surface area contributed by atoms with Gasteiger partial charge in [-0.2, -0.15) is 0 Å². The Bertz CT molecular complexity index is 690. The van der Waals surface area contributed by atoms with Gasteiger partial charge in [0.2, 0.25) is 0 Å². The summed E-state index contributed by atoms with van der Waals surface area (Å²) in [7, 11) is 0. The molecule has 1 aliphatic heterocycles. The van der Waals surface area contributed by atoms with Gasteiger partial charge in [-0.3, -0.25) is 4.79 Å². The fraction of sp³-hybridized carbons (Fsp3) is 0.375. The number of anilines is 1. The highest BCUT2D eigenvalue weighted by Crippen LogP contribution is 2.29. The van der Waals surface area contributed by atoms with E-state index in [1.54, 1.807) is 0 Å². The SMILES string of the molecule is Cc1cc2cc(C(=O)Cl)c(N3CCCC3)nc2cc1C. The number of hydrogen-bond acceptors (Lipinski definition) is 3. The molecular formula is C16H17ClN2O. The van der Waals surface area contributed by atoms with E-state index in [1.807, 2.05) is 6.07 Å². The van der Waals surface area contributed by atoms with Crippen LogP contribution in [0.4, 0.5) is 5.82 Å². The van der Waals surface area contributed by atoms with Gasteiger partial charge in [-0.25, -0.2) is 4.98 Å². The fourth-order valence-electron chi connectivity index (χ4n) is 2.74. The molecule has 3 rings (SSSR count). The van der Waals surface area contributed by atoms with Gasteiger partial charge in [-0.15, -0.1) is 0 Å². The van der Waals surface area contributed by atoms with E-state index in [4.69, 9.17) is 16.6 Å². The lowest BCUT2D eigenvalue weighted by Crippen LogP contribution is -2.21. The van der Waals surface area contributed by atoms with E-state index in [0.717, 1.165) is 42.7 Å². The Kier molecular flexibility index (Phi) is 3.38. The molecule has 0 N–H and O–H groups in total. The van der Waals surface area contributed by atoms with Crippen LogP contribution in [0.2, 0.25) is 0 Å². The van der Waals surface area contributed by atoms with Gasteiger partial charge in [0.1, 0.15) is 5.82 Å². The molecule has 1 aromatic heterocycles. The molecule has 3 nitrogen and oxygen atoms in total. The third-order valence-electron chi connectivity index (χ3n) is 4.03. The summed E-state index contributed by atoms with van der Waals surface area (Å²) in [5.41, 5.74) is 3.85. The number of carbonyl (C=O) groups is 1. The first-order valence-corrected chi connectivity index (χ1v) is 7.31. The van der Waals surface area contributed by atoms with Crippen LogP contribution in [0.15, 0.2) is 18.2 Å². The molecule has 20 heavy (non-hydrogen) atoms. The molecule has 0 radical (unpaired) electrons. The molecular weight excluding hydrogens is 272 g/mol. The number of carbonyl (C=O) groups excluding carboxylic acids is 1. The molecule has 4 heteroatoms. The van der Waals surface area contributed by atoms with Crippen molar-refractivity contribution in [3.05, 3.63) is 34.9 Å². The maximum absolute atomic E-state index is 11.7. The third kappa shape index (κ3) is 2.27. The molecule has 1 aliphatic rings. The average molecular weight is 289 g/mol. The van der Waals surface area contributed by atoms with Gasteiger partial charge in [-0.1, -0.05) is 0 Å². The molecule has 1 saturated heterocycles. The highest BCUT2D eigenvalue weighted by molar-refractivity contribution is 6.68. The lowest BCUT2D eigenvalue weighted by atomic mass is 10.0. The number of nitrogens with zero attached hydrogens (tertiary/aromatic N) is 2. The number of pyridine rings is 1. The number of hydrogen-bond donors (Lipinski definition) is 0. The first kappa shape index (κ1) is 13.4. The van der Waals surface area contributed by atoms with Crippen LogP contribution in [0.3, 0.4) is 0 Å². The Labute approximate surface area is 123 Å². The fourth-order valence-corrected chi connectivity index (χ4v) is 2.88. The quantitative estimate of drug-likeness (QED) is 0.788. The number of rotatable bonds is 2. The molecule has 0 unspecified atom stereocenters. The van der Waals surface area contributed by atoms with Gasteiger partial charge < -0.3 is 4.90 Å². The number of aromatic nitrogens is 1. The zero-order chi connectivity index (χ0) is 14.3. The monoisotopic (exact) mass is 288 g/mol. The molecule has 0 atom stereocenters. The van der Waals surface area contributed by atoms with E-state index in [-0.39, 0.29) is 0 Å². The van der Waals surface area contributed by atoms with Gasteiger partial charge in [0, 0.05) is 18.5 Å². The molecule has 0 aliphatic carbocycles. The summed E-state index contributed by atoms with van der Waals surface area (Å²) < 4.78 is 0. The minimum atomic E-state index is -0.431. The van der Waals surface area contributed by atoms with Crippen molar-refractivity contribution in [2.45, 2.75) is 26.7 Å². The average Bonchev–Trinajstić information content (AvgIpc) is 2.92. The van der Waals surface area contributed by atoms with Crippen molar-refractivity contribution in [2.24, 2.45) is 0 Å². The van der Waals surface area contributed by atoms with Crippen molar-refractivity contribution in [3.63, 3.8) is 0 Å². The van der Waals surface area contributed by atoms with Crippen molar-refractivity contribution >= 4 is 33.6 Å². The Balaban J connectivity index is 2.23. The van der Waals surface area contributed by atoms with Crippen LogP contribution in [-0.2, 0) is 0 Å². The van der Waals surface area contributed by atoms with Crippen LogP contribution < -0.4 is 4.90 Å². The molecule has 1 fully saturated rings. The molecule has 0 bridgehead atoms. The highest BCUT2D eigenvalue weighted by Gasteiger charge is 2.21. The normalized spacial score (nSPS) is 15.1. The van der Waals surface area contributed by atoms with E-state index in [9.17, 15) is 4.79 Å². The number of halogens is 1. The van der Waals surface area contributed by atoms with Crippen molar-refractivity contribution in [1.29, 1.82) is 0 Å². The lowest BCUT2D eigenvalue weighted by molar-refractivity contribution is 0.108. The molecule has 2 heterocycles. The summed E-state index contributed by atoms with van der Waals surface area (Å²) in [6.45, 7) is 6.03. The summed E-state index contributed by atoms with van der Waals surface area (Å²) in [6, 6.07) is 6.01. The molecule has 0 spiro atoms. The smallest absolute Gasteiger partial charge is 0.256 e. The third-order valence-corrected chi connectivity index (χ3v) is 4.23. The molecule has 1 aromatic carbocycles. The molecule has 104 valence electrons. The van der Waals surface area contributed by atoms with E-state index >= 15 is 0 Å².